The van der Waals surface area contributed by atoms with Crippen molar-refractivity contribution in [3.05, 3.63) is 51.0 Å². The van der Waals surface area contributed by atoms with Crippen LogP contribution in [0.3, 0.4) is 0 Å². The number of thiophene rings is 1. The Morgan fingerprint density at radius 3 is 2.70 bits per heavy atom. The van der Waals surface area contributed by atoms with Crippen molar-refractivity contribution < 1.29 is 9.18 Å². The van der Waals surface area contributed by atoms with Crippen molar-refractivity contribution in [2.45, 2.75) is 26.8 Å². The van der Waals surface area contributed by atoms with E-state index in [1.165, 1.54) is 17.0 Å². The summed E-state index contributed by atoms with van der Waals surface area (Å²) >= 11 is 1.65. The number of rotatable bonds is 4. The Morgan fingerprint density at radius 2 is 2.05 bits per heavy atom. The number of hydrogen-bond donors (Lipinski definition) is 2. The third-order valence-corrected chi connectivity index (χ3v) is 4.24. The van der Waals surface area contributed by atoms with Gasteiger partial charge in [0.05, 0.1) is 12.1 Å². The molecule has 3 nitrogen and oxygen atoms in total. The van der Waals surface area contributed by atoms with Crippen molar-refractivity contribution in [1.82, 2.24) is 5.32 Å². The Kier molecular flexibility index (Phi) is 4.39. The molecule has 2 aromatic rings. The van der Waals surface area contributed by atoms with E-state index in [1.54, 1.807) is 18.3 Å². The van der Waals surface area contributed by atoms with Crippen LogP contribution < -0.4 is 11.1 Å². The number of anilines is 1. The molecule has 2 rings (SSSR count). The van der Waals surface area contributed by atoms with Gasteiger partial charge in [-0.25, -0.2) is 4.39 Å². The first kappa shape index (κ1) is 14.5. The largest absolute Gasteiger partial charge is 0.399 e. The van der Waals surface area contributed by atoms with Crippen LogP contribution in [-0.2, 0) is 13.0 Å². The SMILES string of the molecule is CCc1ccc(CNC(=O)c2cc(N)cc(C)c2F)s1. The lowest BCUT2D eigenvalue weighted by atomic mass is 10.1. The Balaban J connectivity index is 2.09. The summed E-state index contributed by atoms with van der Waals surface area (Å²) in [5.41, 5.74) is 6.41. The molecule has 0 spiro atoms. The highest BCUT2D eigenvalue weighted by molar-refractivity contribution is 7.11. The monoisotopic (exact) mass is 292 g/mol. The molecule has 0 unspecified atom stereocenters. The zero-order chi connectivity index (χ0) is 14.7. The summed E-state index contributed by atoms with van der Waals surface area (Å²) in [5.74, 6) is -0.957. The van der Waals surface area contributed by atoms with E-state index in [0.717, 1.165) is 11.3 Å². The topological polar surface area (TPSA) is 55.1 Å². The summed E-state index contributed by atoms with van der Waals surface area (Å²) < 4.78 is 13.9. The van der Waals surface area contributed by atoms with Crippen molar-refractivity contribution in [3.8, 4) is 0 Å². The molecule has 1 heterocycles. The van der Waals surface area contributed by atoms with Gasteiger partial charge in [-0.2, -0.15) is 0 Å². The maximum absolute atomic E-state index is 13.9. The number of nitrogens with one attached hydrogen (secondary N) is 1. The first-order chi connectivity index (χ1) is 9.51. The molecule has 20 heavy (non-hydrogen) atoms. The maximum atomic E-state index is 13.9. The fourth-order valence-electron chi connectivity index (χ4n) is 1.93. The normalized spacial score (nSPS) is 10.6. The van der Waals surface area contributed by atoms with Gasteiger partial charge >= 0.3 is 0 Å². The Morgan fingerprint density at radius 1 is 1.35 bits per heavy atom. The second-order valence-corrected chi connectivity index (χ2v) is 5.86. The number of amides is 1. The highest BCUT2D eigenvalue weighted by atomic mass is 32.1. The van der Waals surface area contributed by atoms with E-state index in [1.807, 2.05) is 12.1 Å². The van der Waals surface area contributed by atoms with Crippen LogP contribution in [0.15, 0.2) is 24.3 Å². The number of carbonyl (C=O) groups is 1. The fourth-order valence-corrected chi connectivity index (χ4v) is 2.83. The number of hydrogen-bond acceptors (Lipinski definition) is 3. The lowest BCUT2D eigenvalue weighted by Gasteiger charge is -2.08. The smallest absolute Gasteiger partial charge is 0.254 e. The zero-order valence-corrected chi connectivity index (χ0v) is 12.3. The second-order valence-electron chi connectivity index (χ2n) is 4.60. The Hall–Kier alpha value is -1.88. The first-order valence-electron chi connectivity index (χ1n) is 6.42. The molecule has 0 radical (unpaired) electrons. The standard InChI is InChI=1S/C15H17FN2OS/c1-3-11-4-5-12(20-11)8-18-15(19)13-7-10(17)6-9(2)14(13)16/h4-7H,3,8,17H2,1-2H3,(H,18,19). The van der Waals surface area contributed by atoms with Crippen LogP contribution in [0.2, 0.25) is 0 Å². The second kappa shape index (κ2) is 6.05. The minimum atomic E-state index is -0.517. The minimum absolute atomic E-state index is 0.00484. The molecule has 0 atom stereocenters. The average Bonchev–Trinajstić information content (AvgIpc) is 2.88. The summed E-state index contributed by atoms with van der Waals surface area (Å²) in [6, 6.07) is 6.89. The van der Waals surface area contributed by atoms with Crippen molar-refractivity contribution in [2.75, 3.05) is 5.73 Å². The summed E-state index contributed by atoms with van der Waals surface area (Å²) in [6.45, 7) is 4.07. The van der Waals surface area contributed by atoms with E-state index in [-0.39, 0.29) is 5.56 Å². The number of aryl methyl sites for hydroxylation is 2. The van der Waals surface area contributed by atoms with Gasteiger partial charge in [0.25, 0.3) is 5.91 Å². The molecule has 0 saturated carbocycles. The quantitative estimate of drug-likeness (QED) is 0.850. The molecular weight excluding hydrogens is 275 g/mol. The number of nitrogen functional groups attached to an aromatic ring is 1. The predicted molar refractivity (Wildman–Crippen MR) is 80.4 cm³/mol. The lowest BCUT2D eigenvalue weighted by Crippen LogP contribution is -2.24. The number of benzene rings is 1. The van der Waals surface area contributed by atoms with Gasteiger partial charge in [0.2, 0.25) is 0 Å². The molecule has 0 fully saturated rings. The highest BCUT2D eigenvalue weighted by Crippen LogP contribution is 2.19. The highest BCUT2D eigenvalue weighted by Gasteiger charge is 2.14. The van der Waals surface area contributed by atoms with Crippen molar-refractivity contribution >= 4 is 22.9 Å². The van der Waals surface area contributed by atoms with Crippen LogP contribution in [-0.4, -0.2) is 5.91 Å². The van der Waals surface area contributed by atoms with Gasteiger partial charge in [-0.15, -0.1) is 11.3 Å². The van der Waals surface area contributed by atoms with Gasteiger partial charge in [0.1, 0.15) is 5.82 Å². The molecule has 1 aromatic carbocycles. The van der Waals surface area contributed by atoms with E-state index in [4.69, 9.17) is 5.73 Å². The Labute approximate surface area is 121 Å². The molecule has 1 aromatic heterocycles. The molecule has 3 N–H and O–H groups in total. The molecule has 0 aliphatic heterocycles. The van der Waals surface area contributed by atoms with Crippen molar-refractivity contribution in [1.29, 1.82) is 0 Å². The fraction of sp³-hybridized carbons (Fsp3) is 0.267. The van der Waals surface area contributed by atoms with Gasteiger partial charge in [0, 0.05) is 15.4 Å². The van der Waals surface area contributed by atoms with Crippen LogP contribution in [0, 0.1) is 12.7 Å². The lowest BCUT2D eigenvalue weighted by molar-refractivity contribution is 0.0947. The van der Waals surface area contributed by atoms with Crippen LogP contribution in [0.4, 0.5) is 10.1 Å². The molecule has 106 valence electrons. The van der Waals surface area contributed by atoms with Crippen LogP contribution in [0.5, 0.6) is 0 Å². The summed E-state index contributed by atoms with van der Waals surface area (Å²) in [7, 11) is 0. The zero-order valence-electron chi connectivity index (χ0n) is 11.5. The predicted octanol–water partition coefficient (Wildman–Crippen LogP) is 3.27. The van der Waals surface area contributed by atoms with Crippen LogP contribution >= 0.6 is 11.3 Å². The van der Waals surface area contributed by atoms with Gasteiger partial charge in [-0.1, -0.05) is 6.92 Å². The van der Waals surface area contributed by atoms with Crippen LogP contribution in [0.1, 0.15) is 32.6 Å². The molecule has 5 heteroatoms. The third-order valence-electron chi connectivity index (χ3n) is 3.01. The summed E-state index contributed by atoms with van der Waals surface area (Å²) in [6.07, 6.45) is 0.974. The van der Waals surface area contributed by atoms with E-state index in [0.29, 0.717) is 17.8 Å². The summed E-state index contributed by atoms with van der Waals surface area (Å²) in [4.78, 5) is 14.3. The van der Waals surface area contributed by atoms with E-state index < -0.39 is 11.7 Å². The van der Waals surface area contributed by atoms with E-state index in [9.17, 15) is 9.18 Å². The third kappa shape index (κ3) is 3.17. The maximum Gasteiger partial charge on any atom is 0.254 e. The number of halogens is 1. The number of carbonyl (C=O) groups excluding carboxylic acids is 1. The van der Waals surface area contributed by atoms with E-state index >= 15 is 0 Å². The van der Waals surface area contributed by atoms with Gasteiger partial charge in [0.15, 0.2) is 0 Å². The van der Waals surface area contributed by atoms with Gasteiger partial charge < -0.3 is 11.1 Å². The molecule has 0 saturated heterocycles. The molecule has 0 aliphatic rings. The molecular formula is C15H17FN2OS. The van der Waals surface area contributed by atoms with Crippen LogP contribution in [0.25, 0.3) is 0 Å². The van der Waals surface area contributed by atoms with Crippen molar-refractivity contribution in [3.63, 3.8) is 0 Å². The van der Waals surface area contributed by atoms with E-state index in [2.05, 4.69) is 12.2 Å². The molecule has 0 bridgehead atoms. The minimum Gasteiger partial charge on any atom is -0.399 e. The Bertz CT molecular complexity index is 637. The summed E-state index contributed by atoms with van der Waals surface area (Å²) in [5, 5.41) is 2.72. The van der Waals surface area contributed by atoms with Gasteiger partial charge in [-0.3, -0.25) is 4.79 Å². The first-order valence-corrected chi connectivity index (χ1v) is 7.24. The van der Waals surface area contributed by atoms with Gasteiger partial charge in [-0.05, 0) is 43.2 Å². The molecule has 0 aliphatic carbocycles. The molecule has 1 amide bonds. The van der Waals surface area contributed by atoms with Crippen molar-refractivity contribution in [2.24, 2.45) is 0 Å². The number of nitrogens with two attached hydrogens (primary N) is 1. The average molecular weight is 292 g/mol.